The van der Waals surface area contributed by atoms with Gasteiger partial charge in [-0.2, -0.15) is 0 Å². The molecule has 0 fully saturated rings. The van der Waals surface area contributed by atoms with Crippen LogP contribution < -0.4 is 10.6 Å². The first kappa shape index (κ1) is 16.9. The quantitative estimate of drug-likeness (QED) is 0.554. The molecule has 3 N–H and O–H groups in total. The van der Waals surface area contributed by atoms with Crippen LogP contribution in [0, 0.1) is 17.0 Å². The van der Waals surface area contributed by atoms with Crippen molar-refractivity contribution in [1.29, 1.82) is 0 Å². The molecule has 1 aromatic rings. The lowest BCUT2D eigenvalue weighted by Gasteiger charge is -2.28. The van der Waals surface area contributed by atoms with E-state index in [0.717, 1.165) is 12.0 Å². The van der Waals surface area contributed by atoms with E-state index < -0.39 is 16.5 Å². The molecule has 2 amide bonds. The van der Waals surface area contributed by atoms with Gasteiger partial charge in [0, 0.05) is 12.1 Å². The fraction of sp³-hybridized carbons (Fsp3) is 0.500. The molecule has 0 aromatic heterocycles. The maximum absolute atomic E-state index is 12.0. The predicted molar refractivity (Wildman–Crippen MR) is 80.4 cm³/mol. The number of amides is 2. The fourth-order valence-electron chi connectivity index (χ4n) is 2.02. The van der Waals surface area contributed by atoms with E-state index in [1.54, 1.807) is 19.9 Å². The van der Waals surface area contributed by atoms with Gasteiger partial charge in [-0.05, 0) is 25.8 Å². The van der Waals surface area contributed by atoms with Gasteiger partial charge in [-0.3, -0.25) is 10.1 Å². The lowest BCUT2D eigenvalue weighted by atomic mass is 9.98. The van der Waals surface area contributed by atoms with Crippen molar-refractivity contribution in [2.45, 2.75) is 39.2 Å². The zero-order chi connectivity index (χ0) is 16.0. The molecule has 0 spiro atoms. The van der Waals surface area contributed by atoms with E-state index >= 15 is 0 Å². The Morgan fingerprint density at radius 1 is 1.48 bits per heavy atom. The third-order valence-corrected chi connectivity index (χ3v) is 3.25. The minimum absolute atomic E-state index is 0.0885. The third-order valence-electron chi connectivity index (χ3n) is 3.25. The monoisotopic (exact) mass is 295 g/mol. The number of hydrogen-bond acceptors (Lipinski definition) is 4. The van der Waals surface area contributed by atoms with Crippen molar-refractivity contribution < 1.29 is 14.8 Å². The molecule has 21 heavy (non-hydrogen) atoms. The number of urea groups is 1. The normalized spacial score (nSPS) is 13.3. The van der Waals surface area contributed by atoms with Crippen LogP contribution in [0.1, 0.15) is 32.3 Å². The molecule has 116 valence electrons. The van der Waals surface area contributed by atoms with Crippen molar-refractivity contribution in [2.24, 2.45) is 0 Å². The lowest BCUT2D eigenvalue weighted by Crippen LogP contribution is -2.50. The summed E-state index contributed by atoms with van der Waals surface area (Å²) in [4.78, 5) is 22.2. The van der Waals surface area contributed by atoms with Crippen LogP contribution in [0.15, 0.2) is 18.2 Å². The Hall–Kier alpha value is -2.15. The van der Waals surface area contributed by atoms with E-state index in [0.29, 0.717) is 12.1 Å². The number of aliphatic hydroxyl groups is 1. The molecule has 0 aliphatic rings. The molecule has 0 aliphatic heterocycles. The number of anilines is 1. The Kier molecular flexibility index (Phi) is 5.66. The number of nitro benzene ring substituents is 1. The van der Waals surface area contributed by atoms with Gasteiger partial charge in [-0.15, -0.1) is 0 Å². The summed E-state index contributed by atoms with van der Waals surface area (Å²) < 4.78 is 0. The highest BCUT2D eigenvalue weighted by Crippen LogP contribution is 2.22. The molecular formula is C14H21N3O4. The van der Waals surface area contributed by atoms with Crippen molar-refractivity contribution >= 4 is 17.4 Å². The Balaban J connectivity index is 2.83. The Morgan fingerprint density at radius 3 is 2.67 bits per heavy atom. The van der Waals surface area contributed by atoms with Gasteiger partial charge in [0.05, 0.1) is 22.8 Å². The second kappa shape index (κ2) is 7.03. The number of hydrogen-bond donors (Lipinski definition) is 3. The maximum Gasteiger partial charge on any atom is 0.319 e. The number of non-ortho nitro benzene ring substituents is 1. The van der Waals surface area contributed by atoms with E-state index in [-0.39, 0.29) is 12.3 Å². The van der Waals surface area contributed by atoms with Crippen LogP contribution >= 0.6 is 0 Å². The highest BCUT2D eigenvalue weighted by Gasteiger charge is 2.24. The average Bonchev–Trinajstić information content (AvgIpc) is 2.41. The average molecular weight is 295 g/mol. The predicted octanol–water partition coefficient (Wildman–Crippen LogP) is 2.58. The number of nitrogens with zero attached hydrogens (tertiary/aromatic N) is 1. The van der Waals surface area contributed by atoms with Crippen LogP contribution in [0.2, 0.25) is 0 Å². The molecular weight excluding hydrogens is 274 g/mol. The van der Waals surface area contributed by atoms with E-state index in [4.69, 9.17) is 0 Å². The first-order valence-electron chi connectivity index (χ1n) is 6.76. The smallest absolute Gasteiger partial charge is 0.319 e. The first-order chi connectivity index (χ1) is 9.81. The Morgan fingerprint density at radius 2 is 2.14 bits per heavy atom. The topological polar surface area (TPSA) is 104 Å². The van der Waals surface area contributed by atoms with Gasteiger partial charge >= 0.3 is 6.03 Å². The van der Waals surface area contributed by atoms with Crippen LogP contribution in [0.3, 0.4) is 0 Å². The summed E-state index contributed by atoms with van der Waals surface area (Å²) >= 11 is 0. The van der Waals surface area contributed by atoms with E-state index in [9.17, 15) is 20.0 Å². The zero-order valence-corrected chi connectivity index (χ0v) is 12.5. The zero-order valence-electron chi connectivity index (χ0n) is 12.5. The van der Waals surface area contributed by atoms with E-state index in [1.165, 1.54) is 12.1 Å². The highest BCUT2D eigenvalue weighted by atomic mass is 16.6. The van der Waals surface area contributed by atoms with Crippen LogP contribution in [0.5, 0.6) is 0 Å². The summed E-state index contributed by atoms with van der Waals surface area (Å²) in [5, 5.41) is 25.4. The number of nitrogens with one attached hydrogen (secondary N) is 2. The molecule has 7 heteroatoms. The maximum atomic E-state index is 12.0. The number of aliphatic hydroxyl groups excluding tert-OH is 1. The number of nitro groups is 1. The highest BCUT2D eigenvalue weighted by molar-refractivity contribution is 5.91. The summed E-state index contributed by atoms with van der Waals surface area (Å²) in [6.07, 6.45) is 1.44. The van der Waals surface area contributed by atoms with Gasteiger partial charge in [-0.1, -0.05) is 19.4 Å². The second-order valence-electron chi connectivity index (χ2n) is 5.30. The summed E-state index contributed by atoms with van der Waals surface area (Å²) in [6, 6.07) is 3.77. The lowest BCUT2D eigenvalue weighted by molar-refractivity contribution is -0.384. The molecule has 1 aromatic carbocycles. The van der Waals surface area contributed by atoms with Crippen LogP contribution in [-0.2, 0) is 0 Å². The number of benzene rings is 1. The number of carbonyl (C=O) groups is 1. The Bertz CT molecular complexity index is 533. The van der Waals surface area contributed by atoms with Crippen LogP contribution in [0.4, 0.5) is 16.2 Å². The van der Waals surface area contributed by atoms with Crippen molar-refractivity contribution in [3.05, 3.63) is 33.9 Å². The molecule has 0 radical (unpaired) electrons. The Labute approximate surface area is 123 Å². The minimum atomic E-state index is -0.715. The van der Waals surface area contributed by atoms with E-state index in [2.05, 4.69) is 10.6 Å². The van der Waals surface area contributed by atoms with Crippen LogP contribution in [0.25, 0.3) is 0 Å². The molecule has 7 nitrogen and oxygen atoms in total. The van der Waals surface area contributed by atoms with Gasteiger partial charge in [0.15, 0.2) is 0 Å². The summed E-state index contributed by atoms with van der Waals surface area (Å²) in [6.45, 7) is 5.27. The van der Waals surface area contributed by atoms with Gasteiger partial charge in [0.2, 0.25) is 0 Å². The van der Waals surface area contributed by atoms with Gasteiger partial charge in [-0.25, -0.2) is 4.79 Å². The number of carbonyl (C=O) groups excluding carboxylic acids is 1. The van der Waals surface area contributed by atoms with Gasteiger partial charge in [0.1, 0.15) is 0 Å². The fourth-order valence-corrected chi connectivity index (χ4v) is 2.02. The third kappa shape index (κ3) is 4.71. The number of rotatable bonds is 6. The SMILES string of the molecule is CCCC(C)(CO)NC(=O)Nc1cc([N+](=O)[O-])ccc1C. The summed E-state index contributed by atoms with van der Waals surface area (Å²) in [5.41, 5.74) is 0.290. The van der Waals surface area contributed by atoms with Crippen molar-refractivity contribution in [3.63, 3.8) is 0 Å². The summed E-state index contributed by atoms with van der Waals surface area (Å²) in [5.74, 6) is 0. The minimum Gasteiger partial charge on any atom is -0.394 e. The molecule has 1 rings (SSSR count). The molecule has 0 saturated carbocycles. The largest absolute Gasteiger partial charge is 0.394 e. The van der Waals surface area contributed by atoms with E-state index in [1.807, 2.05) is 6.92 Å². The molecule has 0 heterocycles. The van der Waals surface area contributed by atoms with Crippen molar-refractivity contribution in [3.8, 4) is 0 Å². The van der Waals surface area contributed by atoms with Crippen molar-refractivity contribution in [2.75, 3.05) is 11.9 Å². The molecule has 1 atom stereocenters. The molecule has 0 bridgehead atoms. The van der Waals surface area contributed by atoms with Crippen molar-refractivity contribution in [1.82, 2.24) is 5.32 Å². The first-order valence-corrected chi connectivity index (χ1v) is 6.76. The second-order valence-corrected chi connectivity index (χ2v) is 5.30. The van der Waals surface area contributed by atoms with Crippen LogP contribution in [-0.4, -0.2) is 28.2 Å². The van der Waals surface area contributed by atoms with Gasteiger partial charge < -0.3 is 15.7 Å². The molecule has 1 unspecified atom stereocenters. The van der Waals surface area contributed by atoms with Gasteiger partial charge in [0.25, 0.3) is 5.69 Å². The standard InChI is InChI=1S/C14H21N3O4/c1-4-7-14(3,9-18)16-13(19)15-12-8-11(17(20)21)6-5-10(12)2/h5-6,8,18H,4,7,9H2,1-3H3,(H2,15,16,19). The molecule has 0 saturated heterocycles. The molecule has 0 aliphatic carbocycles. The summed E-state index contributed by atoms with van der Waals surface area (Å²) in [7, 11) is 0. The number of aryl methyl sites for hydroxylation is 1.